The van der Waals surface area contributed by atoms with Gasteiger partial charge in [-0.25, -0.2) is 0 Å². The molecular formula is C13H28N2O. The second-order valence-electron chi connectivity index (χ2n) is 5.19. The van der Waals surface area contributed by atoms with E-state index >= 15 is 0 Å². The molecule has 3 nitrogen and oxygen atoms in total. The highest BCUT2D eigenvalue weighted by Gasteiger charge is 2.32. The van der Waals surface area contributed by atoms with Gasteiger partial charge in [0.15, 0.2) is 0 Å². The van der Waals surface area contributed by atoms with E-state index in [1.165, 1.54) is 32.1 Å². The highest BCUT2D eigenvalue weighted by molar-refractivity contribution is 4.93. The van der Waals surface area contributed by atoms with Crippen molar-refractivity contribution in [3.63, 3.8) is 0 Å². The van der Waals surface area contributed by atoms with Crippen LogP contribution in [0.3, 0.4) is 0 Å². The normalized spacial score (nSPS) is 30.6. The average Bonchev–Trinajstić information content (AvgIpc) is 2.35. The molecule has 0 aliphatic heterocycles. The van der Waals surface area contributed by atoms with E-state index in [0.29, 0.717) is 6.61 Å². The summed E-state index contributed by atoms with van der Waals surface area (Å²) in [6, 6.07) is 0. The van der Waals surface area contributed by atoms with Gasteiger partial charge in [-0.3, -0.25) is 0 Å². The van der Waals surface area contributed by atoms with Crippen LogP contribution in [0.15, 0.2) is 0 Å². The smallest absolute Gasteiger partial charge is 0.0431 e. The third-order valence-electron chi connectivity index (χ3n) is 4.12. The molecule has 96 valence electrons. The first-order chi connectivity index (χ1) is 7.76. The summed E-state index contributed by atoms with van der Waals surface area (Å²) in [5.74, 6) is 0.916. The molecule has 0 bridgehead atoms. The summed E-state index contributed by atoms with van der Waals surface area (Å²) < 4.78 is 0. The zero-order valence-electron chi connectivity index (χ0n) is 10.7. The summed E-state index contributed by atoms with van der Waals surface area (Å²) in [5, 5.41) is 12.4. The lowest BCUT2D eigenvalue weighted by Crippen LogP contribution is -2.53. The van der Waals surface area contributed by atoms with Gasteiger partial charge in [0.1, 0.15) is 0 Å². The summed E-state index contributed by atoms with van der Waals surface area (Å²) in [6.45, 7) is 4.33. The lowest BCUT2D eigenvalue weighted by Gasteiger charge is -2.40. The summed E-state index contributed by atoms with van der Waals surface area (Å²) in [7, 11) is 0. The van der Waals surface area contributed by atoms with Crippen molar-refractivity contribution in [2.75, 3.05) is 19.7 Å². The first kappa shape index (κ1) is 13.9. The van der Waals surface area contributed by atoms with Gasteiger partial charge in [0.25, 0.3) is 0 Å². The lowest BCUT2D eigenvalue weighted by atomic mass is 9.75. The number of aliphatic hydroxyl groups is 1. The van der Waals surface area contributed by atoms with Crippen LogP contribution >= 0.6 is 0 Å². The number of aliphatic hydroxyl groups excluding tert-OH is 1. The molecule has 0 heterocycles. The molecule has 1 aliphatic carbocycles. The molecule has 0 spiro atoms. The molecule has 0 amide bonds. The van der Waals surface area contributed by atoms with Crippen LogP contribution in [-0.4, -0.2) is 30.3 Å². The molecule has 4 N–H and O–H groups in total. The minimum Gasteiger partial charge on any atom is -0.396 e. The topological polar surface area (TPSA) is 58.3 Å². The number of hydrogen-bond acceptors (Lipinski definition) is 3. The number of rotatable bonds is 7. The molecule has 1 saturated carbocycles. The van der Waals surface area contributed by atoms with Crippen LogP contribution in [0, 0.1) is 5.92 Å². The highest BCUT2D eigenvalue weighted by atomic mass is 16.2. The van der Waals surface area contributed by atoms with Gasteiger partial charge >= 0.3 is 0 Å². The molecule has 0 saturated heterocycles. The van der Waals surface area contributed by atoms with Crippen molar-refractivity contribution in [3.05, 3.63) is 0 Å². The van der Waals surface area contributed by atoms with Gasteiger partial charge in [0.2, 0.25) is 0 Å². The average molecular weight is 228 g/mol. The Labute approximate surface area is 99.8 Å². The van der Waals surface area contributed by atoms with Crippen LogP contribution in [0.25, 0.3) is 0 Å². The maximum absolute atomic E-state index is 8.74. The number of unbranched alkanes of at least 4 members (excludes halogenated alkanes) is 1. The molecule has 0 aromatic heterocycles. The van der Waals surface area contributed by atoms with Gasteiger partial charge in [0.05, 0.1) is 0 Å². The largest absolute Gasteiger partial charge is 0.396 e. The second-order valence-corrected chi connectivity index (χ2v) is 5.19. The minimum atomic E-state index is 0.196. The monoisotopic (exact) mass is 228 g/mol. The Hall–Kier alpha value is -0.120. The molecular weight excluding hydrogens is 200 g/mol. The highest BCUT2D eigenvalue weighted by Crippen LogP contribution is 2.33. The van der Waals surface area contributed by atoms with Crippen LogP contribution < -0.4 is 11.1 Å². The van der Waals surface area contributed by atoms with E-state index < -0.39 is 0 Å². The number of nitrogens with two attached hydrogens (primary N) is 1. The lowest BCUT2D eigenvalue weighted by molar-refractivity contribution is 0.188. The van der Waals surface area contributed by atoms with E-state index in [-0.39, 0.29) is 5.54 Å². The maximum Gasteiger partial charge on any atom is 0.0431 e. The fraction of sp³-hybridized carbons (Fsp3) is 1.00. The van der Waals surface area contributed by atoms with Gasteiger partial charge in [-0.2, -0.15) is 0 Å². The molecule has 0 atom stereocenters. The summed E-state index contributed by atoms with van der Waals surface area (Å²) in [4.78, 5) is 0. The van der Waals surface area contributed by atoms with Gasteiger partial charge in [-0.05, 0) is 51.0 Å². The van der Waals surface area contributed by atoms with E-state index in [4.69, 9.17) is 10.8 Å². The van der Waals surface area contributed by atoms with Crippen molar-refractivity contribution in [3.8, 4) is 0 Å². The molecule has 0 unspecified atom stereocenters. The summed E-state index contributed by atoms with van der Waals surface area (Å²) in [5.41, 5.74) is 6.12. The van der Waals surface area contributed by atoms with E-state index in [0.717, 1.165) is 31.8 Å². The quantitative estimate of drug-likeness (QED) is 0.581. The van der Waals surface area contributed by atoms with Crippen LogP contribution in [0.2, 0.25) is 0 Å². The maximum atomic E-state index is 8.74. The minimum absolute atomic E-state index is 0.196. The SMILES string of the molecule is CCC1CCC(CN)(NCCCCO)CC1. The standard InChI is InChI=1S/C13H28N2O/c1-2-12-5-7-13(11-14,8-6-12)15-9-3-4-10-16/h12,15-16H,2-11,14H2,1H3. The Morgan fingerprint density at radius 2 is 2.00 bits per heavy atom. The van der Waals surface area contributed by atoms with Crippen molar-refractivity contribution in [1.82, 2.24) is 5.32 Å². The zero-order valence-corrected chi connectivity index (χ0v) is 10.7. The predicted octanol–water partition coefficient (Wildman–Crippen LogP) is 1.65. The first-order valence-electron chi connectivity index (χ1n) is 6.82. The van der Waals surface area contributed by atoms with Crippen molar-refractivity contribution in [2.24, 2.45) is 11.7 Å². The zero-order chi connectivity index (χ0) is 11.9. The Balaban J connectivity index is 2.28. The third kappa shape index (κ3) is 4.04. The van der Waals surface area contributed by atoms with Crippen LogP contribution in [0.1, 0.15) is 51.9 Å². The van der Waals surface area contributed by atoms with Crippen molar-refractivity contribution in [2.45, 2.75) is 57.4 Å². The Morgan fingerprint density at radius 1 is 1.31 bits per heavy atom. The fourth-order valence-electron chi connectivity index (χ4n) is 2.68. The predicted molar refractivity (Wildman–Crippen MR) is 68.4 cm³/mol. The second kappa shape index (κ2) is 7.25. The molecule has 0 aromatic rings. The van der Waals surface area contributed by atoms with E-state index in [1.807, 2.05) is 0 Å². The van der Waals surface area contributed by atoms with Crippen molar-refractivity contribution < 1.29 is 5.11 Å². The molecule has 0 radical (unpaired) electrons. The molecule has 3 heteroatoms. The number of nitrogens with one attached hydrogen (secondary N) is 1. The van der Waals surface area contributed by atoms with Gasteiger partial charge in [0, 0.05) is 18.7 Å². The van der Waals surface area contributed by atoms with Crippen molar-refractivity contribution >= 4 is 0 Å². The van der Waals surface area contributed by atoms with Crippen LogP contribution in [0.5, 0.6) is 0 Å². The van der Waals surface area contributed by atoms with Crippen molar-refractivity contribution in [1.29, 1.82) is 0 Å². The fourth-order valence-corrected chi connectivity index (χ4v) is 2.68. The molecule has 1 fully saturated rings. The molecule has 1 rings (SSSR count). The first-order valence-corrected chi connectivity index (χ1v) is 6.82. The van der Waals surface area contributed by atoms with Gasteiger partial charge in [-0.15, -0.1) is 0 Å². The molecule has 0 aromatic carbocycles. The Bertz CT molecular complexity index is 177. The summed E-state index contributed by atoms with van der Waals surface area (Å²) in [6.07, 6.45) is 8.34. The van der Waals surface area contributed by atoms with Crippen LogP contribution in [-0.2, 0) is 0 Å². The third-order valence-corrected chi connectivity index (χ3v) is 4.12. The van der Waals surface area contributed by atoms with Gasteiger partial charge in [-0.1, -0.05) is 13.3 Å². The Morgan fingerprint density at radius 3 is 2.50 bits per heavy atom. The van der Waals surface area contributed by atoms with E-state index in [9.17, 15) is 0 Å². The Kier molecular flexibility index (Phi) is 6.32. The van der Waals surface area contributed by atoms with E-state index in [2.05, 4.69) is 12.2 Å². The molecule has 16 heavy (non-hydrogen) atoms. The van der Waals surface area contributed by atoms with Gasteiger partial charge < -0.3 is 16.2 Å². The molecule has 1 aliphatic rings. The van der Waals surface area contributed by atoms with Crippen LogP contribution in [0.4, 0.5) is 0 Å². The van der Waals surface area contributed by atoms with E-state index in [1.54, 1.807) is 0 Å². The summed E-state index contributed by atoms with van der Waals surface area (Å²) >= 11 is 0. The number of hydrogen-bond donors (Lipinski definition) is 3.